The molecule has 0 aliphatic rings. The van der Waals surface area contributed by atoms with E-state index in [0.717, 1.165) is 5.76 Å². The van der Waals surface area contributed by atoms with Gasteiger partial charge in [0.25, 0.3) is 0 Å². The van der Waals surface area contributed by atoms with Gasteiger partial charge in [-0.25, -0.2) is 0 Å². The lowest BCUT2D eigenvalue weighted by atomic mass is 10.1. The molecule has 4 heteroatoms. The molecule has 0 saturated carbocycles. The molecule has 0 spiro atoms. The standard InChI is InChI=1S/C13H13ClO3/c1-8-3-6-11(17-8)13(15)9-4-5-10(14)12(7-9)16-2/h3-7,13,15H,1-2H3. The van der Waals surface area contributed by atoms with Gasteiger partial charge < -0.3 is 14.3 Å². The molecule has 2 aromatic rings. The van der Waals surface area contributed by atoms with E-state index in [9.17, 15) is 5.11 Å². The fourth-order valence-corrected chi connectivity index (χ4v) is 1.81. The lowest BCUT2D eigenvalue weighted by Crippen LogP contribution is -1.98. The van der Waals surface area contributed by atoms with Crippen LogP contribution < -0.4 is 4.74 Å². The Morgan fingerprint density at radius 1 is 1.29 bits per heavy atom. The Balaban J connectivity index is 2.34. The van der Waals surface area contributed by atoms with E-state index in [4.69, 9.17) is 20.8 Å². The number of hydrogen-bond donors (Lipinski definition) is 1. The summed E-state index contributed by atoms with van der Waals surface area (Å²) in [5, 5.41) is 10.6. The number of methoxy groups -OCH3 is 1. The Labute approximate surface area is 105 Å². The highest BCUT2D eigenvalue weighted by Gasteiger charge is 2.15. The van der Waals surface area contributed by atoms with Gasteiger partial charge in [0.1, 0.15) is 23.4 Å². The highest BCUT2D eigenvalue weighted by atomic mass is 35.5. The van der Waals surface area contributed by atoms with Crippen LogP contribution in [0, 0.1) is 6.92 Å². The molecule has 0 aliphatic heterocycles. The van der Waals surface area contributed by atoms with E-state index < -0.39 is 6.10 Å². The molecule has 90 valence electrons. The summed E-state index contributed by atoms with van der Waals surface area (Å²) in [6, 6.07) is 8.69. The molecule has 1 aromatic heterocycles. The molecule has 2 rings (SSSR count). The summed E-state index contributed by atoms with van der Waals surface area (Å²) in [6.45, 7) is 1.83. The van der Waals surface area contributed by atoms with Crippen LogP contribution in [0.5, 0.6) is 5.75 Å². The zero-order valence-electron chi connectivity index (χ0n) is 9.61. The highest BCUT2D eigenvalue weighted by molar-refractivity contribution is 6.32. The first kappa shape index (κ1) is 12.0. The van der Waals surface area contributed by atoms with E-state index in [1.165, 1.54) is 7.11 Å². The second kappa shape index (κ2) is 4.82. The van der Waals surface area contributed by atoms with Gasteiger partial charge in [-0.3, -0.25) is 0 Å². The summed E-state index contributed by atoms with van der Waals surface area (Å²) in [7, 11) is 1.54. The lowest BCUT2D eigenvalue weighted by molar-refractivity contribution is 0.187. The predicted molar refractivity (Wildman–Crippen MR) is 65.5 cm³/mol. The summed E-state index contributed by atoms with van der Waals surface area (Å²) in [5.74, 6) is 1.80. The first-order valence-corrected chi connectivity index (χ1v) is 5.57. The Morgan fingerprint density at radius 2 is 2.06 bits per heavy atom. The number of rotatable bonds is 3. The van der Waals surface area contributed by atoms with Crippen LogP contribution in [-0.2, 0) is 0 Å². The summed E-state index contributed by atoms with van der Waals surface area (Å²) >= 11 is 5.92. The molecule has 0 aliphatic carbocycles. The average Bonchev–Trinajstić information content (AvgIpc) is 2.75. The molecular weight excluding hydrogens is 240 g/mol. The molecule has 3 nitrogen and oxygen atoms in total. The summed E-state index contributed by atoms with van der Waals surface area (Å²) in [4.78, 5) is 0. The van der Waals surface area contributed by atoms with Crippen molar-refractivity contribution in [1.82, 2.24) is 0 Å². The van der Waals surface area contributed by atoms with Gasteiger partial charge in [-0.15, -0.1) is 0 Å². The molecule has 0 bridgehead atoms. The van der Waals surface area contributed by atoms with E-state index in [1.54, 1.807) is 24.3 Å². The van der Waals surface area contributed by atoms with Gasteiger partial charge in [0, 0.05) is 0 Å². The third-order valence-corrected chi connectivity index (χ3v) is 2.83. The minimum atomic E-state index is -0.810. The van der Waals surface area contributed by atoms with Crippen molar-refractivity contribution < 1.29 is 14.3 Å². The van der Waals surface area contributed by atoms with Gasteiger partial charge >= 0.3 is 0 Å². The maximum absolute atomic E-state index is 10.1. The molecule has 0 saturated heterocycles. The van der Waals surface area contributed by atoms with Gasteiger partial charge in [0.15, 0.2) is 0 Å². The van der Waals surface area contributed by atoms with Crippen molar-refractivity contribution >= 4 is 11.6 Å². The van der Waals surface area contributed by atoms with Crippen LogP contribution in [-0.4, -0.2) is 12.2 Å². The van der Waals surface area contributed by atoms with Crippen molar-refractivity contribution in [2.75, 3.05) is 7.11 Å². The second-order valence-corrected chi connectivity index (χ2v) is 4.15. The van der Waals surface area contributed by atoms with Crippen LogP contribution in [0.15, 0.2) is 34.7 Å². The average molecular weight is 253 g/mol. The third-order valence-electron chi connectivity index (χ3n) is 2.52. The fraction of sp³-hybridized carbons (Fsp3) is 0.231. The maximum Gasteiger partial charge on any atom is 0.137 e. The smallest absolute Gasteiger partial charge is 0.137 e. The van der Waals surface area contributed by atoms with Crippen molar-refractivity contribution in [3.05, 3.63) is 52.4 Å². The topological polar surface area (TPSA) is 42.6 Å². The van der Waals surface area contributed by atoms with Gasteiger partial charge in [-0.1, -0.05) is 17.7 Å². The van der Waals surface area contributed by atoms with Crippen LogP contribution in [0.3, 0.4) is 0 Å². The van der Waals surface area contributed by atoms with Crippen LogP contribution in [0.1, 0.15) is 23.2 Å². The summed E-state index contributed by atoms with van der Waals surface area (Å²) in [5.41, 5.74) is 0.681. The number of furan rings is 1. The Morgan fingerprint density at radius 3 is 2.65 bits per heavy atom. The summed E-state index contributed by atoms with van der Waals surface area (Å²) in [6.07, 6.45) is -0.810. The number of benzene rings is 1. The molecule has 0 amide bonds. The first-order chi connectivity index (χ1) is 8.11. The minimum Gasteiger partial charge on any atom is -0.495 e. The lowest BCUT2D eigenvalue weighted by Gasteiger charge is -2.10. The molecule has 0 fully saturated rings. The normalized spacial score (nSPS) is 12.5. The van der Waals surface area contributed by atoms with E-state index >= 15 is 0 Å². The number of aliphatic hydroxyl groups excluding tert-OH is 1. The monoisotopic (exact) mass is 252 g/mol. The SMILES string of the molecule is COc1cc(C(O)c2ccc(C)o2)ccc1Cl. The first-order valence-electron chi connectivity index (χ1n) is 5.19. The molecule has 17 heavy (non-hydrogen) atoms. The van der Waals surface area contributed by atoms with Crippen molar-refractivity contribution in [2.24, 2.45) is 0 Å². The number of aliphatic hydroxyl groups is 1. The number of halogens is 1. The van der Waals surface area contributed by atoms with Gasteiger partial charge in [0.05, 0.1) is 12.1 Å². The Kier molecular flexibility index (Phi) is 3.41. The molecule has 1 aromatic carbocycles. The maximum atomic E-state index is 10.1. The van der Waals surface area contributed by atoms with Crippen molar-refractivity contribution in [3.8, 4) is 5.75 Å². The van der Waals surface area contributed by atoms with Crippen LogP contribution in [0.2, 0.25) is 5.02 Å². The van der Waals surface area contributed by atoms with Crippen molar-refractivity contribution in [2.45, 2.75) is 13.0 Å². The second-order valence-electron chi connectivity index (χ2n) is 3.74. The van der Waals surface area contributed by atoms with Crippen molar-refractivity contribution in [1.29, 1.82) is 0 Å². The molecule has 1 heterocycles. The molecular formula is C13H13ClO3. The minimum absolute atomic E-state index is 0.506. The predicted octanol–water partition coefficient (Wildman–Crippen LogP) is 3.33. The molecule has 0 radical (unpaired) electrons. The number of hydrogen-bond acceptors (Lipinski definition) is 3. The van der Waals surface area contributed by atoms with Gasteiger partial charge in [0.2, 0.25) is 0 Å². The van der Waals surface area contributed by atoms with Crippen LogP contribution in [0.25, 0.3) is 0 Å². The van der Waals surface area contributed by atoms with Crippen LogP contribution in [0.4, 0.5) is 0 Å². The summed E-state index contributed by atoms with van der Waals surface area (Å²) < 4.78 is 10.5. The number of ether oxygens (including phenoxy) is 1. The zero-order valence-corrected chi connectivity index (χ0v) is 10.4. The molecule has 1 N–H and O–H groups in total. The Hall–Kier alpha value is -1.45. The fourth-order valence-electron chi connectivity index (χ4n) is 1.61. The Bertz CT molecular complexity index is 519. The zero-order chi connectivity index (χ0) is 12.4. The van der Waals surface area contributed by atoms with Gasteiger partial charge in [-0.05, 0) is 36.8 Å². The van der Waals surface area contributed by atoms with Crippen LogP contribution >= 0.6 is 11.6 Å². The van der Waals surface area contributed by atoms with E-state index in [2.05, 4.69) is 0 Å². The number of aryl methyl sites for hydroxylation is 1. The molecule has 1 unspecified atom stereocenters. The van der Waals surface area contributed by atoms with E-state index in [-0.39, 0.29) is 0 Å². The van der Waals surface area contributed by atoms with E-state index in [0.29, 0.717) is 22.1 Å². The largest absolute Gasteiger partial charge is 0.495 e. The van der Waals surface area contributed by atoms with E-state index in [1.807, 2.05) is 13.0 Å². The quantitative estimate of drug-likeness (QED) is 0.911. The highest BCUT2D eigenvalue weighted by Crippen LogP contribution is 2.30. The third kappa shape index (κ3) is 2.46. The molecule has 1 atom stereocenters. The van der Waals surface area contributed by atoms with Crippen molar-refractivity contribution in [3.63, 3.8) is 0 Å². The van der Waals surface area contributed by atoms with Gasteiger partial charge in [-0.2, -0.15) is 0 Å².